The van der Waals surface area contributed by atoms with Gasteiger partial charge in [0, 0.05) is 38.4 Å². The number of amides is 1. The molecule has 4 heterocycles. The van der Waals surface area contributed by atoms with Crippen molar-refractivity contribution in [1.82, 2.24) is 14.5 Å². The average molecular weight is 377 g/mol. The van der Waals surface area contributed by atoms with Crippen LogP contribution < -0.4 is 0 Å². The van der Waals surface area contributed by atoms with E-state index in [1.165, 1.54) is 0 Å². The van der Waals surface area contributed by atoms with Gasteiger partial charge >= 0.3 is 0 Å². The summed E-state index contributed by atoms with van der Waals surface area (Å²) >= 11 is 1.58. The molecule has 2 aliphatic heterocycles. The molecule has 0 bridgehead atoms. The molecule has 7 nitrogen and oxygen atoms in total. The summed E-state index contributed by atoms with van der Waals surface area (Å²) in [4.78, 5) is 18.9. The van der Waals surface area contributed by atoms with E-state index in [1.54, 1.807) is 24.0 Å². The second kappa shape index (κ2) is 7.85. The number of carbonyl (C=O) groups excluding carboxylic acids is 1. The summed E-state index contributed by atoms with van der Waals surface area (Å²) in [5.74, 6) is 2.00. The molecule has 2 aromatic rings. The largest absolute Gasteiger partial charge is 0.455 e. The second-order valence-corrected chi connectivity index (χ2v) is 7.58. The van der Waals surface area contributed by atoms with Crippen LogP contribution >= 0.6 is 11.8 Å². The number of hydrogen-bond acceptors (Lipinski definition) is 6. The number of ether oxygens (including phenoxy) is 2. The number of aromatic nitrogens is 2. The summed E-state index contributed by atoms with van der Waals surface area (Å²) in [7, 11) is 1.96. The van der Waals surface area contributed by atoms with Gasteiger partial charge in [0.2, 0.25) is 0 Å². The van der Waals surface area contributed by atoms with Crippen LogP contribution in [0.25, 0.3) is 0 Å². The van der Waals surface area contributed by atoms with Crippen LogP contribution in [0.4, 0.5) is 0 Å². The van der Waals surface area contributed by atoms with Gasteiger partial charge in [0.25, 0.3) is 5.91 Å². The monoisotopic (exact) mass is 377 g/mol. The number of carbonyl (C=O) groups is 1. The van der Waals surface area contributed by atoms with Crippen molar-refractivity contribution in [3.05, 3.63) is 36.0 Å². The molecule has 2 saturated heterocycles. The molecule has 0 aliphatic carbocycles. The van der Waals surface area contributed by atoms with E-state index in [0.29, 0.717) is 31.3 Å². The predicted octanol–water partition coefficient (Wildman–Crippen LogP) is 2.53. The highest BCUT2D eigenvalue weighted by Crippen LogP contribution is 2.27. The van der Waals surface area contributed by atoms with Gasteiger partial charge in [-0.05, 0) is 25.0 Å². The van der Waals surface area contributed by atoms with Gasteiger partial charge in [-0.3, -0.25) is 4.79 Å². The Morgan fingerprint density at radius 3 is 2.96 bits per heavy atom. The molecule has 2 aliphatic rings. The van der Waals surface area contributed by atoms with Crippen molar-refractivity contribution in [2.24, 2.45) is 13.0 Å². The fraction of sp³-hybridized carbons (Fsp3) is 0.556. The smallest absolute Gasteiger partial charge is 0.289 e. The van der Waals surface area contributed by atoms with Crippen LogP contribution in [0.5, 0.6) is 0 Å². The molecule has 0 radical (unpaired) electrons. The fourth-order valence-corrected chi connectivity index (χ4v) is 4.24. The number of furan rings is 1. The van der Waals surface area contributed by atoms with Gasteiger partial charge in [-0.1, -0.05) is 11.8 Å². The number of hydrogen-bond donors (Lipinski definition) is 0. The van der Waals surface area contributed by atoms with Crippen molar-refractivity contribution >= 4 is 17.7 Å². The summed E-state index contributed by atoms with van der Waals surface area (Å²) in [6.07, 6.45) is 5.49. The van der Waals surface area contributed by atoms with Crippen LogP contribution in [-0.2, 0) is 22.3 Å². The number of likely N-dealkylation sites (tertiary alicyclic amines) is 1. The zero-order valence-corrected chi connectivity index (χ0v) is 15.6. The minimum atomic E-state index is -0.174. The van der Waals surface area contributed by atoms with Crippen molar-refractivity contribution < 1.29 is 18.7 Å². The lowest BCUT2D eigenvalue weighted by Crippen LogP contribution is -2.43. The van der Waals surface area contributed by atoms with Gasteiger partial charge in [-0.25, -0.2) is 4.98 Å². The Morgan fingerprint density at radius 2 is 2.19 bits per heavy atom. The molecule has 0 spiro atoms. The van der Waals surface area contributed by atoms with Gasteiger partial charge in [-0.15, -0.1) is 0 Å². The van der Waals surface area contributed by atoms with Crippen LogP contribution in [0, 0.1) is 5.92 Å². The third kappa shape index (κ3) is 3.82. The summed E-state index contributed by atoms with van der Waals surface area (Å²) in [5, 5.41) is 0.921. The molecular weight excluding hydrogens is 354 g/mol. The van der Waals surface area contributed by atoms with E-state index in [2.05, 4.69) is 4.98 Å². The standard InChI is InChI=1S/C18H23N3O4S/c1-20-8-6-19-18(20)26-12-14-4-5-15(25-14)16(22)21-7-2-3-13(11-21)17-23-9-10-24-17/h4-6,8,13,17H,2-3,7,9-12H2,1H3. The third-order valence-corrected chi connectivity index (χ3v) is 5.85. The number of aryl methyl sites for hydroxylation is 1. The van der Waals surface area contributed by atoms with Crippen LogP contribution in [-0.4, -0.2) is 53.0 Å². The Kier molecular flexibility index (Phi) is 5.33. The van der Waals surface area contributed by atoms with Crippen molar-refractivity contribution in [3.8, 4) is 0 Å². The lowest BCUT2D eigenvalue weighted by atomic mass is 9.97. The Hall–Kier alpha value is -1.77. The van der Waals surface area contributed by atoms with Gasteiger partial charge in [0.15, 0.2) is 17.2 Å². The predicted molar refractivity (Wildman–Crippen MR) is 95.8 cm³/mol. The summed E-state index contributed by atoms with van der Waals surface area (Å²) in [6, 6.07) is 3.64. The molecule has 2 aromatic heterocycles. The normalized spacial score (nSPS) is 21.4. The minimum Gasteiger partial charge on any atom is -0.455 e. The maximum absolute atomic E-state index is 12.8. The number of piperidine rings is 1. The minimum absolute atomic E-state index is 0.0547. The highest BCUT2D eigenvalue weighted by molar-refractivity contribution is 7.98. The Morgan fingerprint density at radius 1 is 1.35 bits per heavy atom. The zero-order chi connectivity index (χ0) is 17.9. The first kappa shape index (κ1) is 17.6. The van der Waals surface area contributed by atoms with E-state index in [0.717, 1.165) is 30.3 Å². The molecule has 26 heavy (non-hydrogen) atoms. The lowest BCUT2D eigenvalue weighted by molar-refractivity contribution is -0.0970. The summed E-state index contributed by atoms with van der Waals surface area (Å²) in [5.41, 5.74) is 0. The number of imidazole rings is 1. The van der Waals surface area contributed by atoms with Crippen molar-refractivity contribution in [2.75, 3.05) is 26.3 Å². The highest BCUT2D eigenvalue weighted by Gasteiger charge is 2.33. The Balaban J connectivity index is 1.35. The molecule has 0 aromatic carbocycles. The first-order valence-corrected chi connectivity index (χ1v) is 9.90. The molecule has 4 rings (SSSR count). The summed E-state index contributed by atoms with van der Waals surface area (Å²) < 4.78 is 19.0. The van der Waals surface area contributed by atoms with Crippen LogP contribution in [0.1, 0.15) is 29.2 Å². The van der Waals surface area contributed by atoms with Gasteiger partial charge in [-0.2, -0.15) is 0 Å². The maximum Gasteiger partial charge on any atom is 0.289 e. The molecule has 1 atom stereocenters. The van der Waals surface area contributed by atoms with Gasteiger partial charge in [0.1, 0.15) is 5.76 Å². The molecule has 1 amide bonds. The van der Waals surface area contributed by atoms with E-state index in [-0.39, 0.29) is 18.1 Å². The molecular formula is C18H23N3O4S. The van der Waals surface area contributed by atoms with E-state index in [9.17, 15) is 4.79 Å². The second-order valence-electron chi connectivity index (χ2n) is 6.64. The lowest BCUT2D eigenvalue weighted by Gasteiger charge is -2.34. The van der Waals surface area contributed by atoms with E-state index in [1.807, 2.05) is 28.8 Å². The third-order valence-electron chi connectivity index (χ3n) is 4.77. The number of thioether (sulfide) groups is 1. The van der Waals surface area contributed by atoms with E-state index >= 15 is 0 Å². The molecule has 1 unspecified atom stereocenters. The molecule has 0 saturated carbocycles. The fourth-order valence-electron chi connectivity index (χ4n) is 3.42. The highest BCUT2D eigenvalue weighted by atomic mass is 32.2. The average Bonchev–Trinajstić information content (AvgIpc) is 3.41. The van der Waals surface area contributed by atoms with Crippen LogP contribution in [0.3, 0.4) is 0 Å². The van der Waals surface area contributed by atoms with Crippen molar-refractivity contribution in [2.45, 2.75) is 30.0 Å². The maximum atomic E-state index is 12.8. The topological polar surface area (TPSA) is 69.7 Å². The Labute approximate surface area is 156 Å². The number of nitrogens with zero attached hydrogens (tertiary/aromatic N) is 3. The van der Waals surface area contributed by atoms with E-state index in [4.69, 9.17) is 13.9 Å². The Bertz CT molecular complexity index is 753. The molecule has 2 fully saturated rings. The van der Waals surface area contributed by atoms with Crippen LogP contribution in [0.15, 0.2) is 34.1 Å². The molecule has 140 valence electrons. The van der Waals surface area contributed by atoms with Gasteiger partial charge < -0.3 is 23.4 Å². The van der Waals surface area contributed by atoms with E-state index < -0.39 is 0 Å². The summed E-state index contributed by atoms with van der Waals surface area (Å²) in [6.45, 7) is 2.69. The SMILES string of the molecule is Cn1ccnc1SCc1ccc(C(=O)N2CCCC(C3OCCO3)C2)o1. The first-order valence-electron chi connectivity index (χ1n) is 8.92. The quantitative estimate of drug-likeness (QED) is 0.746. The van der Waals surface area contributed by atoms with Gasteiger partial charge in [0.05, 0.1) is 19.0 Å². The molecule has 0 N–H and O–H groups in total. The zero-order valence-electron chi connectivity index (χ0n) is 14.8. The van der Waals surface area contributed by atoms with Crippen LogP contribution in [0.2, 0.25) is 0 Å². The molecule has 8 heteroatoms. The number of rotatable bonds is 5. The van der Waals surface area contributed by atoms with Crippen molar-refractivity contribution in [1.29, 1.82) is 0 Å². The first-order chi connectivity index (χ1) is 12.7. The van der Waals surface area contributed by atoms with Crippen molar-refractivity contribution in [3.63, 3.8) is 0 Å².